The minimum atomic E-state index is -0.535. The van der Waals surface area contributed by atoms with Crippen molar-refractivity contribution in [1.82, 2.24) is 5.32 Å². The normalized spacial score (nSPS) is 30.6. The maximum absolute atomic E-state index is 13.0. The van der Waals surface area contributed by atoms with E-state index in [4.69, 9.17) is 5.11 Å². The molecular formula is C10H12FNO. The maximum atomic E-state index is 13.0. The quantitative estimate of drug-likeness (QED) is 0.602. The van der Waals surface area contributed by atoms with Gasteiger partial charge in [0.25, 0.3) is 0 Å². The average molecular weight is 181 g/mol. The molecule has 0 bridgehead atoms. The zero-order chi connectivity index (χ0) is 9.84. The highest BCUT2D eigenvalue weighted by Gasteiger charge is 2.02. The second kappa shape index (κ2) is 3.94. The van der Waals surface area contributed by atoms with Crippen LogP contribution in [-0.2, 0) is 0 Å². The molecule has 2 N–H and O–H groups in total. The molecule has 0 aromatic carbocycles. The van der Waals surface area contributed by atoms with Gasteiger partial charge in [-0.05, 0) is 19.1 Å². The molecule has 0 unspecified atom stereocenters. The van der Waals surface area contributed by atoms with E-state index in [1.165, 1.54) is 12.2 Å². The van der Waals surface area contributed by atoms with Crippen LogP contribution in [0.1, 0.15) is 13.3 Å². The van der Waals surface area contributed by atoms with E-state index < -0.39 is 5.83 Å². The molecule has 0 saturated carbocycles. The van der Waals surface area contributed by atoms with Crippen molar-refractivity contribution in [3.63, 3.8) is 0 Å². The van der Waals surface area contributed by atoms with Gasteiger partial charge in [0.2, 0.25) is 0 Å². The standard InChI is InChI=1S/C10H12FNO/c1-7-3-5-9(11)10(13)6-4-8(2)12-7/h3-4,6,12-13H,2,5H2,1H3/b6-4-,7-3-,10-9-. The average Bonchev–Trinajstić information content (AvgIpc) is 2.12. The summed E-state index contributed by atoms with van der Waals surface area (Å²) in [5, 5.41) is 12.1. The number of nitrogens with one attached hydrogen (secondary N) is 1. The van der Waals surface area contributed by atoms with Crippen LogP contribution in [0.5, 0.6) is 0 Å². The molecule has 0 radical (unpaired) electrons. The summed E-state index contributed by atoms with van der Waals surface area (Å²) in [6, 6.07) is 0. The summed E-state index contributed by atoms with van der Waals surface area (Å²) < 4.78 is 13.0. The van der Waals surface area contributed by atoms with Gasteiger partial charge in [-0.3, -0.25) is 0 Å². The fraction of sp³-hybridized carbons (Fsp3) is 0.200. The van der Waals surface area contributed by atoms with Crippen molar-refractivity contribution in [2.75, 3.05) is 0 Å². The highest BCUT2D eigenvalue weighted by molar-refractivity contribution is 5.28. The Balaban J connectivity index is 2.97. The van der Waals surface area contributed by atoms with Gasteiger partial charge in [0.05, 0.1) is 0 Å². The molecule has 70 valence electrons. The number of allylic oxidation sites excluding steroid dienone is 5. The fourth-order valence-electron chi connectivity index (χ4n) is 0.963. The van der Waals surface area contributed by atoms with Gasteiger partial charge in [-0.25, -0.2) is 4.39 Å². The Morgan fingerprint density at radius 2 is 2.23 bits per heavy atom. The monoisotopic (exact) mass is 181 g/mol. The lowest BCUT2D eigenvalue weighted by molar-refractivity contribution is 0.397. The molecule has 0 atom stereocenters. The van der Waals surface area contributed by atoms with Gasteiger partial charge in [-0.15, -0.1) is 0 Å². The third-order valence-corrected chi connectivity index (χ3v) is 1.67. The molecule has 0 spiro atoms. The predicted octanol–water partition coefficient (Wildman–Crippen LogP) is 2.69. The molecule has 0 aliphatic carbocycles. The van der Waals surface area contributed by atoms with Crippen molar-refractivity contribution in [2.24, 2.45) is 0 Å². The topological polar surface area (TPSA) is 32.3 Å². The van der Waals surface area contributed by atoms with Crippen molar-refractivity contribution >= 4 is 0 Å². The van der Waals surface area contributed by atoms with Gasteiger partial charge in [0.15, 0.2) is 0 Å². The Kier molecular flexibility index (Phi) is 2.90. The fourth-order valence-corrected chi connectivity index (χ4v) is 0.963. The van der Waals surface area contributed by atoms with E-state index in [2.05, 4.69) is 11.9 Å². The van der Waals surface area contributed by atoms with Gasteiger partial charge < -0.3 is 10.4 Å². The molecule has 0 aromatic rings. The summed E-state index contributed by atoms with van der Waals surface area (Å²) in [6.45, 7) is 5.49. The van der Waals surface area contributed by atoms with Crippen molar-refractivity contribution in [1.29, 1.82) is 0 Å². The van der Waals surface area contributed by atoms with Crippen LogP contribution in [0.4, 0.5) is 4.39 Å². The van der Waals surface area contributed by atoms with Crippen molar-refractivity contribution in [3.8, 4) is 0 Å². The molecule has 1 heterocycles. The van der Waals surface area contributed by atoms with Crippen LogP contribution in [0.25, 0.3) is 0 Å². The first kappa shape index (κ1) is 9.58. The Morgan fingerprint density at radius 3 is 2.92 bits per heavy atom. The zero-order valence-electron chi connectivity index (χ0n) is 7.47. The van der Waals surface area contributed by atoms with Gasteiger partial charge in [0, 0.05) is 17.8 Å². The lowest BCUT2D eigenvalue weighted by Crippen LogP contribution is -2.06. The maximum Gasteiger partial charge on any atom is 0.147 e. The van der Waals surface area contributed by atoms with E-state index in [-0.39, 0.29) is 12.2 Å². The van der Waals surface area contributed by atoms with Crippen LogP contribution in [0.3, 0.4) is 0 Å². The van der Waals surface area contributed by atoms with E-state index in [9.17, 15) is 4.39 Å². The first-order chi connectivity index (χ1) is 6.09. The molecule has 0 saturated heterocycles. The summed E-state index contributed by atoms with van der Waals surface area (Å²) in [4.78, 5) is 0. The number of hydrogen-bond donors (Lipinski definition) is 2. The molecule has 13 heavy (non-hydrogen) atoms. The predicted molar refractivity (Wildman–Crippen MR) is 50.6 cm³/mol. The second-order valence-corrected chi connectivity index (χ2v) is 2.86. The molecule has 0 fully saturated rings. The van der Waals surface area contributed by atoms with Crippen molar-refractivity contribution in [3.05, 3.63) is 47.8 Å². The van der Waals surface area contributed by atoms with Crippen LogP contribution in [-0.4, -0.2) is 5.11 Å². The van der Waals surface area contributed by atoms with Crippen LogP contribution in [0.15, 0.2) is 47.8 Å². The molecule has 0 amide bonds. The number of halogens is 1. The zero-order valence-corrected chi connectivity index (χ0v) is 7.47. The summed E-state index contributed by atoms with van der Waals surface area (Å²) in [6.07, 6.45) is 4.57. The van der Waals surface area contributed by atoms with Crippen molar-refractivity contribution in [2.45, 2.75) is 13.3 Å². The smallest absolute Gasteiger partial charge is 0.147 e. The van der Waals surface area contributed by atoms with Crippen LogP contribution in [0, 0.1) is 0 Å². The second-order valence-electron chi connectivity index (χ2n) is 2.86. The van der Waals surface area contributed by atoms with Crippen LogP contribution < -0.4 is 5.32 Å². The lowest BCUT2D eigenvalue weighted by atomic mass is 10.3. The van der Waals surface area contributed by atoms with Crippen molar-refractivity contribution < 1.29 is 9.50 Å². The van der Waals surface area contributed by atoms with Crippen LogP contribution >= 0.6 is 0 Å². The minimum Gasteiger partial charge on any atom is -0.505 e. The van der Waals surface area contributed by atoms with E-state index in [1.807, 2.05) is 6.92 Å². The van der Waals surface area contributed by atoms with Crippen LogP contribution in [0.2, 0.25) is 0 Å². The first-order valence-electron chi connectivity index (χ1n) is 3.98. The molecule has 1 aliphatic rings. The highest BCUT2D eigenvalue weighted by atomic mass is 19.1. The minimum absolute atomic E-state index is 0.0995. The van der Waals surface area contributed by atoms with E-state index in [0.717, 1.165) is 5.70 Å². The van der Waals surface area contributed by atoms with E-state index in [1.54, 1.807) is 6.08 Å². The van der Waals surface area contributed by atoms with Gasteiger partial charge in [-0.2, -0.15) is 0 Å². The van der Waals surface area contributed by atoms with E-state index >= 15 is 0 Å². The largest absolute Gasteiger partial charge is 0.505 e. The molecular weight excluding hydrogens is 169 g/mol. The number of aliphatic hydroxyl groups is 1. The first-order valence-corrected chi connectivity index (χ1v) is 3.98. The summed E-state index contributed by atoms with van der Waals surface area (Å²) in [5.41, 5.74) is 1.44. The highest BCUT2D eigenvalue weighted by Crippen LogP contribution is 2.13. The van der Waals surface area contributed by atoms with E-state index in [0.29, 0.717) is 5.70 Å². The Hall–Kier alpha value is -1.51. The molecule has 3 heteroatoms. The number of hydrogen-bond acceptors (Lipinski definition) is 2. The summed E-state index contributed by atoms with van der Waals surface area (Å²) >= 11 is 0. The Morgan fingerprint density at radius 1 is 1.54 bits per heavy atom. The Labute approximate surface area is 76.8 Å². The number of rotatable bonds is 0. The Bertz CT molecular complexity index is 313. The molecule has 1 rings (SSSR count). The van der Waals surface area contributed by atoms with Gasteiger partial charge in [-0.1, -0.05) is 12.7 Å². The summed E-state index contributed by atoms with van der Waals surface area (Å²) in [5.74, 6) is -0.874. The lowest BCUT2D eigenvalue weighted by Gasteiger charge is -2.03. The third-order valence-electron chi connectivity index (χ3n) is 1.67. The third kappa shape index (κ3) is 2.78. The summed E-state index contributed by atoms with van der Waals surface area (Å²) in [7, 11) is 0. The number of aliphatic hydroxyl groups excluding tert-OH is 1. The van der Waals surface area contributed by atoms with Gasteiger partial charge >= 0.3 is 0 Å². The molecule has 1 aliphatic heterocycles. The van der Waals surface area contributed by atoms with Gasteiger partial charge in [0.1, 0.15) is 11.6 Å². The molecule has 2 nitrogen and oxygen atoms in total. The SMILES string of the molecule is C=C1/C=C\C(O)=C(\F)C/C=C(/C)N1. The molecule has 0 aromatic heterocycles.